The molecule has 1 aliphatic rings. The summed E-state index contributed by atoms with van der Waals surface area (Å²) in [5.74, 6) is 0. The summed E-state index contributed by atoms with van der Waals surface area (Å²) in [5.41, 5.74) is 8.01. The van der Waals surface area contributed by atoms with Crippen molar-refractivity contribution in [2.45, 2.75) is 26.8 Å². The number of likely N-dealkylation sites (N-methyl/N-ethyl adjacent to an activating group) is 1. The van der Waals surface area contributed by atoms with Crippen molar-refractivity contribution >= 4 is 34.3 Å². The van der Waals surface area contributed by atoms with Crippen molar-refractivity contribution < 1.29 is 0 Å². The van der Waals surface area contributed by atoms with E-state index >= 15 is 0 Å². The summed E-state index contributed by atoms with van der Waals surface area (Å²) < 4.78 is 2.40. The van der Waals surface area contributed by atoms with Crippen LogP contribution in [0.1, 0.15) is 29.3 Å². The first-order chi connectivity index (χ1) is 12.0. The number of rotatable bonds is 2. The Hall–Kier alpha value is -2.03. The van der Waals surface area contributed by atoms with Gasteiger partial charge in [-0.2, -0.15) is 0 Å². The Morgan fingerprint density at radius 3 is 2.64 bits per heavy atom. The van der Waals surface area contributed by atoms with Gasteiger partial charge in [0.05, 0.1) is 5.52 Å². The lowest BCUT2D eigenvalue weighted by Gasteiger charge is -2.23. The fourth-order valence-corrected chi connectivity index (χ4v) is 3.90. The molecule has 0 bridgehead atoms. The predicted molar refractivity (Wildman–Crippen MR) is 108 cm³/mol. The highest BCUT2D eigenvalue weighted by atomic mass is 35.5. The molecule has 0 amide bonds. The predicted octanol–water partition coefficient (Wildman–Crippen LogP) is 5.61. The van der Waals surface area contributed by atoms with Gasteiger partial charge >= 0.3 is 0 Å². The molecule has 0 N–H and O–H groups in total. The van der Waals surface area contributed by atoms with E-state index in [4.69, 9.17) is 11.6 Å². The largest absolute Gasteiger partial charge is 0.320 e. The zero-order chi connectivity index (χ0) is 17.6. The van der Waals surface area contributed by atoms with Crippen LogP contribution in [0.2, 0.25) is 5.02 Å². The summed E-state index contributed by atoms with van der Waals surface area (Å²) in [6, 6.07) is 14.9. The highest BCUT2D eigenvalue weighted by molar-refractivity contribution is 6.30. The van der Waals surface area contributed by atoms with E-state index < -0.39 is 0 Å². The Morgan fingerprint density at radius 1 is 1.12 bits per heavy atom. The van der Waals surface area contributed by atoms with E-state index in [1.165, 1.54) is 38.9 Å². The van der Waals surface area contributed by atoms with Gasteiger partial charge in [-0.05, 0) is 61.9 Å². The van der Waals surface area contributed by atoms with Gasteiger partial charge in [0.1, 0.15) is 0 Å². The maximum Gasteiger partial charge on any atom is 0.0529 e. The number of allylic oxidation sites excluding steroid dienone is 1. The van der Waals surface area contributed by atoms with Crippen LogP contribution >= 0.6 is 11.6 Å². The molecule has 25 heavy (non-hydrogen) atoms. The van der Waals surface area contributed by atoms with E-state index in [-0.39, 0.29) is 0 Å². The summed E-state index contributed by atoms with van der Waals surface area (Å²) >= 11 is 6.03. The fraction of sp³-hybridized carbons (Fsp3) is 0.273. The molecule has 0 radical (unpaired) electrons. The van der Waals surface area contributed by atoms with E-state index in [0.29, 0.717) is 0 Å². The fourth-order valence-electron chi connectivity index (χ4n) is 3.77. The van der Waals surface area contributed by atoms with Crippen LogP contribution in [0.5, 0.6) is 0 Å². The quantitative estimate of drug-likeness (QED) is 0.583. The van der Waals surface area contributed by atoms with Gasteiger partial charge in [-0.1, -0.05) is 35.4 Å². The molecule has 1 aliphatic heterocycles. The molecule has 0 aliphatic carbocycles. The Bertz CT molecular complexity index is 964. The Morgan fingerprint density at radius 2 is 1.88 bits per heavy atom. The zero-order valence-electron chi connectivity index (χ0n) is 15.0. The van der Waals surface area contributed by atoms with Crippen LogP contribution in [0.4, 0.5) is 0 Å². The van der Waals surface area contributed by atoms with Crippen LogP contribution in [0, 0.1) is 6.92 Å². The van der Waals surface area contributed by atoms with Gasteiger partial charge in [-0.15, -0.1) is 0 Å². The highest BCUT2D eigenvalue weighted by Crippen LogP contribution is 2.32. The van der Waals surface area contributed by atoms with Gasteiger partial charge in [0.25, 0.3) is 0 Å². The Kier molecular flexibility index (Phi) is 4.18. The number of hydrogen-bond acceptors (Lipinski definition) is 1. The van der Waals surface area contributed by atoms with Crippen molar-refractivity contribution in [3.05, 3.63) is 69.9 Å². The minimum atomic E-state index is 0.777. The molecule has 0 saturated carbocycles. The molecular weight excluding hydrogens is 328 g/mol. The number of hydrogen-bond donors (Lipinski definition) is 0. The van der Waals surface area contributed by atoms with Gasteiger partial charge in [-0.25, -0.2) is 0 Å². The molecule has 4 rings (SSSR count). The molecule has 2 heterocycles. The van der Waals surface area contributed by atoms with Crippen molar-refractivity contribution in [1.82, 2.24) is 9.47 Å². The molecule has 0 fully saturated rings. The van der Waals surface area contributed by atoms with E-state index in [1.54, 1.807) is 0 Å². The van der Waals surface area contributed by atoms with Crippen molar-refractivity contribution in [3.8, 4) is 0 Å². The van der Waals surface area contributed by atoms with Crippen LogP contribution in [0.25, 0.3) is 22.7 Å². The van der Waals surface area contributed by atoms with Crippen LogP contribution in [-0.2, 0) is 13.0 Å². The molecule has 3 heteroatoms. The molecule has 3 aromatic rings. The monoisotopic (exact) mass is 350 g/mol. The summed E-state index contributed by atoms with van der Waals surface area (Å²) in [7, 11) is 2.21. The summed E-state index contributed by atoms with van der Waals surface area (Å²) in [4.78, 5) is 2.41. The molecule has 0 unspecified atom stereocenters. The number of fused-ring (bicyclic) bond motifs is 3. The standard InChI is InChI=1S/C22H23ClN2/c1-15-4-9-21-19(12-15)20-14-24(3)11-10-22(20)25(21)13-16(2)17-5-7-18(23)8-6-17/h4-9,12-13H,10-11,14H2,1-3H3/b16-13-. The van der Waals surface area contributed by atoms with Crippen LogP contribution < -0.4 is 0 Å². The lowest BCUT2D eigenvalue weighted by atomic mass is 10.0. The van der Waals surface area contributed by atoms with Crippen LogP contribution in [0.3, 0.4) is 0 Å². The lowest BCUT2D eigenvalue weighted by molar-refractivity contribution is 0.312. The number of nitrogens with zero attached hydrogens (tertiary/aromatic N) is 2. The molecule has 0 atom stereocenters. The Labute approximate surface area is 154 Å². The summed E-state index contributed by atoms with van der Waals surface area (Å²) in [6.45, 7) is 6.47. The second-order valence-electron chi connectivity index (χ2n) is 7.12. The molecule has 1 aromatic heterocycles. The Balaban J connectivity index is 1.89. The van der Waals surface area contributed by atoms with Crippen molar-refractivity contribution in [3.63, 3.8) is 0 Å². The zero-order valence-corrected chi connectivity index (χ0v) is 15.8. The second kappa shape index (κ2) is 6.36. The van der Waals surface area contributed by atoms with E-state index in [1.807, 2.05) is 12.1 Å². The minimum Gasteiger partial charge on any atom is -0.320 e. The first-order valence-corrected chi connectivity index (χ1v) is 9.16. The second-order valence-corrected chi connectivity index (χ2v) is 7.56. The maximum absolute atomic E-state index is 6.03. The van der Waals surface area contributed by atoms with Crippen molar-refractivity contribution in [1.29, 1.82) is 0 Å². The van der Waals surface area contributed by atoms with E-state index in [2.05, 4.69) is 66.9 Å². The average molecular weight is 351 g/mol. The van der Waals surface area contributed by atoms with Crippen molar-refractivity contribution in [2.75, 3.05) is 13.6 Å². The highest BCUT2D eigenvalue weighted by Gasteiger charge is 2.21. The molecule has 0 spiro atoms. The van der Waals surface area contributed by atoms with Gasteiger partial charge < -0.3 is 9.47 Å². The normalized spacial score (nSPS) is 15.6. The average Bonchev–Trinajstić information content (AvgIpc) is 2.88. The topological polar surface area (TPSA) is 8.17 Å². The van der Waals surface area contributed by atoms with Gasteiger partial charge in [0.15, 0.2) is 0 Å². The molecule has 2 aromatic carbocycles. The van der Waals surface area contributed by atoms with Crippen LogP contribution in [0.15, 0.2) is 42.5 Å². The summed E-state index contributed by atoms with van der Waals surface area (Å²) in [6.07, 6.45) is 3.37. The number of aryl methyl sites for hydroxylation is 1. The lowest BCUT2D eigenvalue weighted by Crippen LogP contribution is -2.26. The third-order valence-corrected chi connectivity index (χ3v) is 5.41. The minimum absolute atomic E-state index is 0.777. The third-order valence-electron chi connectivity index (χ3n) is 5.16. The maximum atomic E-state index is 6.03. The number of benzene rings is 2. The third kappa shape index (κ3) is 3.01. The van der Waals surface area contributed by atoms with Gasteiger partial charge in [0, 0.05) is 41.8 Å². The number of halogens is 1. The number of aromatic nitrogens is 1. The van der Waals surface area contributed by atoms with Crippen molar-refractivity contribution in [2.24, 2.45) is 0 Å². The molecule has 0 saturated heterocycles. The molecule has 2 nitrogen and oxygen atoms in total. The van der Waals surface area contributed by atoms with Crippen LogP contribution in [-0.4, -0.2) is 23.1 Å². The van der Waals surface area contributed by atoms with E-state index in [0.717, 1.165) is 24.5 Å². The smallest absolute Gasteiger partial charge is 0.0529 e. The summed E-state index contributed by atoms with van der Waals surface area (Å²) in [5, 5.41) is 2.17. The first-order valence-electron chi connectivity index (χ1n) is 8.78. The van der Waals surface area contributed by atoms with E-state index in [9.17, 15) is 0 Å². The van der Waals surface area contributed by atoms with Gasteiger partial charge in [-0.3, -0.25) is 0 Å². The van der Waals surface area contributed by atoms with Gasteiger partial charge in [0.2, 0.25) is 0 Å². The molecule has 128 valence electrons. The SMILES string of the molecule is C/C(=C/n1c2c(c3cc(C)ccc31)CN(C)CC2)c1ccc(Cl)cc1. The molecular formula is C22H23ClN2. The first kappa shape index (κ1) is 16.4.